The molecule has 1 saturated heterocycles. The fourth-order valence-corrected chi connectivity index (χ4v) is 5.66. The van der Waals surface area contributed by atoms with Gasteiger partial charge < -0.3 is 19.4 Å². The van der Waals surface area contributed by atoms with Crippen LogP contribution in [0.5, 0.6) is 0 Å². The molecule has 0 saturated carbocycles. The molecule has 10 heteroatoms. The second-order valence-corrected chi connectivity index (χ2v) is 12.6. The molecular weight excluding hydrogens is 466 g/mol. The highest BCUT2D eigenvalue weighted by Gasteiger charge is 2.37. The molecule has 1 rings (SSSR count). The van der Waals surface area contributed by atoms with E-state index in [0.717, 1.165) is 25.9 Å². The Morgan fingerprint density at radius 3 is 1.33 bits per heavy atom. The van der Waals surface area contributed by atoms with Gasteiger partial charge in [0.2, 0.25) is 0 Å². The van der Waals surface area contributed by atoms with Crippen LogP contribution >= 0.6 is 15.6 Å². The summed E-state index contributed by atoms with van der Waals surface area (Å²) in [5.74, 6) is 0. The van der Waals surface area contributed by atoms with Crippen LogP contribution in [0.15, 0.2) is 0 Å². The predicted molar refractivity (Wildman–Crippen MR) is 131 cm³/mol. The number of phosphoric ester groups is 1. The lowest BCUT2D eigenvalue weighted by Gasteiger charge is -2.12. The average molecular weight is 515 g/mol. The molecule has 1 heterocycles. The van der Waals surface area contributed by atoms with Crippen molar-refractivity contribution in [1.29, 1.82) is 0 Å². The summed E-state index contributed by atoms with van der Waals surface area (Å²) in [6, 6.07) is 0. The Morgan fingerprint density at radius 1 is 0.667 bits per heavy atom. The van der Waals surface area contributed by atoms with Gasteiger partial charge in [-0.15, -0.1) is 0 Å². The van der Waals surface area contributed by atoms with Crippen LogP contribution in [0.4, 0.5) is 0 Å². The molecule has 0 aliphatic carbocycles. The van der Waals surface area contributed by atoms with E-state index in [4.69, 9.17) is 19.4 Å². The Bertz CT molecular complexity index is 577. The zero-order valence-corrected chi connectivity index (χ0v) is 22.4. The molecule has 2 atom stereocenters. The number of hydrogen-bond acceptors (Lipinski definition) is 5. The van der Waals surface area contributed by atoms with Gasteiger partial charge in [0.25, 0.3) is 0 Å². The van der Waals surface area contributed by atoms with Gasteiger partial charge in [0.15, 0.2) is 0 Å². The minimum absolute atomic E-state index is 0.0524. The van der Waals surface area contributed by atoms with Crippen molar-refractivity contribution in [1.82, 2.24) is 0 Å². The third-order valence-electron chi connectivity index (χ3n) is 6.20. The summed E-state index contributed by atoms with van der Waals surface area (Å²) >= 11 is 0. The van der Waals surface area contributed by atoms with Gasteiger partial charge in [-0.2, -0.15) is 4.31 Å². The first-order valence-electron chi connectivity index (χ1n) is 13.0. The van der Waals surface area contributed by atoms with E-state index in [9.17, 15) is 9.13 Å². The van der Waals surface area contributed by atoms with Crippen molar-refractivity contribution in [3.63, 3.8) is 0 Å². The van der Waals surface area contributed by atoms with Crippen molar-refractivity contribution in [3.05, 3.63) is 0 Å². The average Bonchev–Trinajstić information content (AvgIpc) is 3.44. The van der Waals surface area contributed by atoms with E-state index in [1.54, 1.807) is 0 Å². The third kappa shape index (κ3) is 21.2. The van der Waals surface area contributed by atoms with Gasteiger partial charge in [-0.25, -0.2) is 9.13 Å². The highest BCUT2D eigenvalue weighted by molar-refractivity contribution is 7.60. The molecule has 0 amide bonds. The summed E-state index contributed by atoms with van der Waals surface area (Å²) in [6.45, 7) is 3.13. The Hall–Kier alpha value is 0.220. The van der Waals surface area contributed by atoms with Crippen molar-refractivity contribution < 1.29 is 37.4 Å². The highest BCUT2D eigenvalue weighted by Crippen LogP contribution is 2.57. The van der Waals surface area contributed by atoms with Crippen LogP contribution in [-0.2, 0) is 22.7 Å². The largest absolute Gasteiger partial charge is 0.481 e. The lowest BCUT2D eigenvalue weighted by Crippen LogP contribution is -2.02. The van der Waals surface area contributed by atoms with E-state index < -0.39 is 15.6 Å². The van der Waals surface area contributed by atoms with Crippen LogP contribution in [0.25, 0.3) is 0 Å². The predicted octanol–water partition coefficient (Wildman–Crippen LogP) is 7.41. The molecule has 198 valence electrons. The monoisotopic (exact) mass is 514 g/mol. The van der Waals surface area contributed by atoms with E-state index in [-0.39, 0.29) is 12.2 Å². The second kappa shape index (κ2) is 17.6. The number of hydrogen-bond donors (Lipinski definition) is 3. The Morgan fingerprint density at radius 2 is 1.00 bits per heavy atom. The normalized spacial score (nSPS) is 20.1. The standard InChI is InChI=1S/C23H48O8P2/c1-23(22-29-23)20-18-16-14-12-10-8-6-4-2-3-5-7-9-11-13-15-17-19-21-30-33(27,28)31-32(24,25)26/h2-22H2,1H3,(H,27,28)(H2,24,25,26). The van der Waals surface area contributed by atoms with Crippen molar-refractivity contribution in [2.24, 2.45) is 0 Å². The molecule has 33 heavy (non-hydrogen) atoms. The summed E-state index contributed by atoms with van der Waals surface area (Å²) in [6.07, 6.45) is 23.5. The van der Waals surface area contributed by atoms with Gasteiger partial charge in [-0.1, -0.05) is 109 Å². The molecule has 0 aromatic carbocycles. The van der Waals surface area contributed by atoms with E-state index >= 15 is 0 Å². The molecule has 0 spiro atoms. The minimum Gasteiger partial charge on any atom is -0.370 e. The van der Waals surface area contributed by atoms with Gasteiger partial charge in [-0.05, 0) is 19.8 Å². The van der Waals surface area contributed by atoms with Crippen molar-refractivity contribution >= 4 is 15.6 Å². The number of rotatable bonds is 24. The molecule has 1 aliphatic rings. The number of ether oxygens (including phenoxy) is 1. The summed E-state index contributed by atoms with van der Waals surface area (Å²) in [4.78, 5) is 26.2. The van der Waals surface area contributed by atoms with Gasteiger partial charge in [0.1, 0.15) is 0 Å². The van der Waals surface area contributed by atoms with Crippen LogP contribution in [0.1, 0.15) is 129 Å². The smallest absolute Gasteiger partial charge is 0.370 e. The van der Waals surface area contributed by atoms with Gasteiger partial charge in [0.05, 0.1) is 18.8 Å². The first kappa shape index (κ1) is 31.3. The topological polar surface area (TPSA) is 126 Å². The molecule has 0 aromatic heterocycles. The zero-order chi connectivity index (χ0) is 24.5. The summed E-state index contributed by atoms with van der Waals surface area (Å²) in [7, 11) is -9.70. The van der Waals surface area contributed by atoms with Crippen LogP contribution < -0.4 is 0 Å². The van der Waals surface area contributed by atoms with Crippen molar-refractivity contribution in [2.75, 3.05) is 13.2 Å². The second-order valence-electron chi connectivity index (χ2n) is 9.73. The first-order chi connectivity index (χ1) is 15.6. The molecule has 2 unspecified atom stereocenters. The maximum absolute atomic E-state index is 11.3. The number of epoxide rings is 1. The van der Waals surface area contributed by atoms with Crippen LogP contribution in [0.2, 0.25) is 0 Å². The molecule has 0 aromatic rings. The SMILES string of the molecule is CC1(CCCCCCCCCCCCCCCCCCCCOP(=O)(O)OP(=O)(O)O)CO1. The molecule has 1 aliphatic heterocycles. The van der Waals surface area contributed by atoms with Crippen LogP contribution in [-0.4, -0.2) is 33.5 Å². The van der Waals surface area contributed by atoms with E-state index in [1.165, 1.54) is 96.3 Å². The quantitative estimate of drug-likeness (QED) is 0.0690. The molecule has 8 nitrogen and oxygen atoms in total. The Kier molecular flexibility index (Phi) is 16.7. The van der Waals surface area contributed by atoms with E-state index in [0.29, 0.717) is 6.42 Å². The lowest BCUT2D eigenvalue weighted by atomic mass is 10.0. The maximum atomic E-state index is 11.3. The van der Waals surface area contributed by atoms with E-state index in [1.807, 2.05) is 0 Å². The maximum Gasteiger partial charge on any atom is 0.481 e. The van der Waals surface area contributed by atoms with Crippen LogP contribution in [0.3, 0.4) is 0 Å². The van der Waals surface area contributed by atoms with Crippen molar-refractivity contribution in [2.45, 2.75) is 135 Å². The highest BCUT2D eigenvalue weighted by atomic mass is 31.3. The molecular formula is C23H48O8P2. The summed E-state index contributed by atoms with van der Waals surface area (Å²) in [5, 5.41) is 0. The van der Waals surface area contributed by atoms with Gasteiger partial charge in [-0.3, -0.25) is 4.52 Å². The van der Waals surface area contributed by atoms with Gasteiger partial charge in [0, 0.05) is 0 Å². The lowest BCUT2D eigenvalue weighted by molar-refractivity contribution is 0.175. The summed E-state index contributed by atoms with van der Waals surface area (Å²) < 4.78 is 35.5. The zero-order valence-electron chi connectivity index (χ0n) is 20.6. The summed E-state index contributed by atoms with van der Waals surface area (Å²) in [5.41, 5.74) is 0.240. The minimum atomic E-state index is -5.03. The fourth-order valence-electron chi connectivity index (χ4n) is 4.03. The molecule has 1 fully saturated rings. The first-order valence-corrected chi connectivity index (χ1v) is 16.0. The third-order valence-corrected chi connectivity index (χ3v) is 8.39. The molecule has 0 radical (unpaired) electrons. The molecule has 3 N–H and O–H groups in total. The molecule has 0 bridgehead atoms. The fraction of sp³-hybridized carbons (Fsp3) is 1.00. The Balaban J connectivity index is 1.70. The number of phosphoric acid groups is 2. The van der Waals surface area contributed by atoms with E-state index in [2.05, 4.69) is 15.8 Å². The van der Waals surface area contributed by atoms with Gasteiger partial charge >= 0.3 is 15.6 Å². The Labute approximate surface area is 201 Å². The van der Waals surface area contributed by atoms with Crippen LogP contribution in [0, 0.1) is 0 Å². The number of unbranched alkanes of at least 4 members (excludes halogenated alkanes) is 17. The van der Waals surface area contributed by atoms with Crippen molar-refractivity contribution in [3.8, 4) is 0 Å².